The summed E-state index contributed by atoms with van der Waals surface area (Å²) in [5.41, 5.74) is 7.68. The van der Waals surface area contributed by atoms with E-state index < -0.39 is 5.97 Å². The van der Waals surface area contributed by atoms with Crippen LogP contribution in [0.15, 0.2) is 18.3 Å². The molecule has 2 rings (SSSR count). The minimum atomic E-state index is -0.494. The van der Waals surface area contributed by atoms with Crippen molar-refractivity contribution < 1.29 is 9.53 Å². The topological polar surface area (TPSA) is 78.1 Å². The molecule has 0 spiro atoms. The lowest BCUT2D eigenvalue weighted by Crippen LogP contribution is -2.07. The number of aromatic nitrogens is 2. The number of ether oxygens (including phenoxy) is 1. The maximum Gasteiger partial charge on any atom is 0.360 e. The van der Waals surface area contributed by atoms with Crippen LogP contribution in [0.1, 0.15) is 23.0 Å². The Balaban J connectivity index is 2.41. The summed E-state index contributed by atoms with van der Waals surface area (Å²) in [4.78, 5) is 20.1. The van der Waals surface area contributed by atoms with E-state index in [1.807, 2.05) is 19.1 Å². The van der Waals surface area contributed by atoms with Gasteiger partial charge in [-0.3, -0.25) is 4.98 Å². The molecule has 0 saturated heterocycles. The van der Waals surface area contributed by atoms with Crippen LogP contribution in [-0.4, -0.2) is 22.5 Å². The van der Waals surface area contributed by atoms with Gasteiger partial charge in [0.05, 0.1) is 6.61 Å². The van der Waals surface area contributed by atoms with Crippen molar-refractivity contribution in [1.29, 1.82) is 0 Å². The molecule has 0 unspecified atom stereocenters. The number of anilines is 1. The van der Waals surface area contributed by atoms with Crippen molar-refractivity contribution in [2.24, 2.45) is 0 Å². The highest BCUT2D eigenvalue weighted by molar-refractivity contribution is 7.19. The Morgan fingerprint density at radius 3 is 3.00 bits per heavy atom. The van der Waals surface area contributed by atoms with Crippen LogP contribution in [-0.2, 0) is 4.74 Å². The Morgan fingerprint density at radius 2 is 2.33 bits per heavy atom. The van der Waals surface area contributed by atoms with Gasteiger partial charge in [0.25, 0.3) is 0 Å². The van der Waals surface area contributed by atoms with E-state index in [-0.39, 0.29) is 5.69 Å². The predicted molar refractivity (Wildman–Crippen MR) is 70.5 cm³/mol. The van der Waals surface area contributed by atoms with Gasteiger partial charge in [-0.05, 0) is 25.5 Å². The van der Waals surface area contributed by atoms with E-state index in [9.17, 15) is 4.79 Å². The molecule has 2 heterocycles. The molecular weight excluding hydrogens is 250 g/mol. The number of nitrogens with two attached hydrogens (primary N) is 1. The Labute approximate surface area is 109 Å². The highest BCUT2D eigenvalue weighted by Crippen LogP contribution is 2.30. The second kappa shape index (κ2) is 5.14. The molecule has 18 heavy (non-hydrogen) atoms. The number of nitrogens with zero attached hydrogens (tertiary/aromatic N) is 2. The lowest BCUT2D eigenvalue weighted by Gasteiger charge is -1.99. The number of carbonyl (C=O) groups excluding carboxylic acids is 1. The fraction of sp³-hybridized carbons (Fsp3) is 0.250. The summed E-state index contributed by atoms with van der Waals surface area (Å²) in [5.74, 6) is -0.494. The third-order valence-electron chi connectivity index (χ3n) is 2.33. The van der Waals surface area contributed by atoms with Gasteiger partial charge in [0.15, 0.2) is 5.69 Å². The van der Waals surface area contributed by atoms with Crippen molar-refractivity contribution in [3.05, 3.63) is 29.6 Å². The smallest absolute Gasteiger partial charge is 0.360 e. The average Bonchev–Trinajstić information content (AvgIpc) is 2.72. The van der Waals surface area contributed by atoms with Crippen molar-refractivity contribution in [3.8, 4) is 10.7 Å². The number of hydrogen-bond donors (Lipinski definition) is 1. The summed E-state index contributed by atoms with van der Waals surface area (Å²) in [7, 11) is 0. The second-order valence-electron chi connectivity index (χ2n) is 3.62. The SMILES string of the molecule is CCOC(=O)c1nc(-c2ncccc2C)sc1N. The molecule has 2 aromatic rings. The van der Waals surface area contributed by atoms with Crippen molar-refractivity contribution >= 4 is 22.3 Å². The van der Waals surface area contributed by atoms with E-state index >= 15 is 0 Å². The van der Waals surface area contributed by atoms with E-state index in [1.54, 1.807) is 13.1 Å². The zero-order chi connectivity index (χ0) is 13.1. The molecule has 6 heteroatoms. The average molecular weight is 263 g/mol. The van der Waals surface area contributed by atoms with Gasteiger partial charge in [-0.25, -0.2) is 9.78 Å². The van der Waals surface area contributed by atoms with E-state index in [0.717, 1.165) is 11.3 Å². The fourth-order valence-corrected chi connectivity index (χ4v) is 2.37. The van der Waals surface area contributed by atoms with Gasteiger partial charge in [0.2, 0.25) is 0 Å². The highest BCUT2D eigenvalue weighted by atomic mass is 32.1. The number of pyridine rings is 1. The van der Waals surface area contributed by atoms with Gasteiger partial charge in [0, 0.05) is 6.20 Å². The highest BCUT2D eigenvalue weighted by Gasteiger charge is 2.19. The molecule has 0 fully saturated rings. The minimum absolute atomic E-state index is 0.168. The quantitative estimate of drug-likeness (QED) is 0.859. The third kappa shape index (κ3) is 2.33. The van der Waals surface area contributed by atoms with Crippen LogP contribution >= 0.6 is 11.3 Å². The van der Waals surface area contributed by atoms with E-state index in [0.29, 0.717) is 16.6 Å². The molecule has 2 aromatic heterocycles. The number of rotatable bonds is 3. The minimum Gasteiger partial charge on any atom is -0.461 e. The maximum atomic E-state index is 11.6. The number of nitrogen functional groups attached to an aromatic ring is 1. The summed E-state index contributed by atoms with van der Waals surface area (Å²) in [5, 5.41) is 0.988. The zero-order valence-electron chi connectivity index (χ0n) is 10.1. The molecule has 0 bridgehead atoms. The van der Waals surface area contributed by atoms with Gasteiger partial charge in [-0.15, -0.1) is 0 Å². The van der Waals surface area contributed by atoms with Crippen LogP contribution in [0.25, 0.3) is 10.7 Å². The monoisotopic (exact) mass is 263 g/mol. The lowest BCUT2D eigenvalue weighted by molar-refractivity contribution is 0.0522. The largest absolute Gasteiger partial charge is 0.461 e. The summed E-state index contributed by atoms with van der Waals surface area (Å²) in [6, 6.07) is 3.78. The summed E-state index contributed by atoms with van der Waals surface area (Å²) < 4.78 is 4.89. The van der Waals surface area contributed by atoms with Gasteiger partial charge >= 0.3 is 5.97 Å². The second-order valence-corrected chi connectivity index (χ2v) is 4.65. The molecule has 0 saturated carbocycles. The fourth-order valence-electron chi connectivity index (χ4n) is 1.49. The predicted octanol–water partition coefficient (Wildman–Crippen LogP) is 2.27. The number of hydrogen-bond acceptors (Lipinski definition) is 6. The first-order valence-electron chi connectivity index (χ1n) is 5.49. The molecule has 2 N–H and O–H groups in total. The first-order chi connectivity index (χ1) is 8.63. The van der Waals surface area contributed by atoms with Crippen molar-refractivity contribution in [3.63, 3.8) is 0 Å². The van der Waals surface area contributed by atoms with Crippen LogP contribution in [0.2, 0.25) is 0 Å². The number of esters is 1. The van der Waals surface area contributed by atoms with Crippen molar-refractivity contribution in [2.45, 2.75) is 13.8 Å². The molecule has 0 atom stereocenters. The van der Waals surface area contributed by atoms with Crippen molar-refractivity contribution in [1.82, 2.24) is 9.97 Å². The first-order valence-corrected chi connectivity index (χ1v) is 6.30. The van der Waals surface area contributed by atoms with E-state index in [1.165, 1.54) is 11.3 Å². The van der Waals surface area contributed by atoms with Crippen LogP contribution in [0, 0.1) is 6.92 Å². The Hall–Kier alpha value is -1.95. The van der Waals surface area contributed by atoms with Crippen molar-refractivity contribution in [2.75, 3.05) is 12.3 Å². The standard InChI is InChI=1S/C12H13N3O2S/c1-3-17-12(16)9-10(13)18-11(15-9)8-7(2)5-4-6-14-8/h4-6H,3,13H2,1-2H3. The molecule has 0 aliphatic carbocycles. The molecule has 0 aliphatic rings. The van der Waals surface area contributed by atoms with Gasteiger partial charge in [-0.2, -0.15) is 0 Å². The molecule has 94 valence electrons. The zero-order valence-corrected chi connectivity index (χ0v) is 11.0. The molecule has 0 aromatic carbocycles. The summed E-state index contributed by atoms with van der Waals surface area (Å²) in [6.07, 6.45) is 1.68. The lowest BCUT2D eigenvalue weighted by atomic mass is 10.2. The van der Waals surface area contributed by atoms with Gasteiger partial charge in [-0.1, -0.05) is 17.4 Å². The molecule has 5 nitrogen and oxygen atoms in total. The normalized spacial score (nSPS) is 10.3. The summed E-state index contributed by atoms with van der Waals surface area (Å²) >= 11 is 1.24. The first kappa shape index (κ1) is 12.5. The third-order valence-corrected chi connectivity index (χ3v) is 3.23. The molecule has 0 amide bonds. The van der Waals surface area contributed by atoms with Gasteiger partial charge in [0.1, 0.15) is 15.7 Å². The maximum absolute atomic E-state index is 11.6. The molecular formula is C12H13N3O2S. The van der Waals surface area contributed by atoms with Crippen LogP contribution in [0.3, 0.4) is 0 Å². The van der Waals surface area contributed by atoms with Crippen LogP contribution in [0.4, 0.5) is 5.00 Å². The van der Waals surface area contributed by atoms with Gasteiger partial charge < -0.3 is 10.5 Å². The Bertz CT molecular complexity index is 580. The number of carbonyl (C=O) groups is 1. The van der Waals surface area contributed by atoms with Crippen LogP contribution in [0.5, 0.6) is 0 Å². The summed E-state index contributed by atoms with van der Waals surface area (Å²) in [6.45, 7) is 3.97. The van der Waals surface area contributed by atoms with Crippen LogP contribution < -0.4 is 5.73 Å². The Morgan fingerprint density at radius 1 is 1.56 bits per heavy atom. The van der Waals surface area contributed by atoms with E-state index in [2.05, 4.69) is 9.97 Å². The van der Waals surface area contributed by atoms with E-state index in [4.69, 9.17) is 10.5 Å². The number of thiazole rings is 1. The molecule has 0 radical (unpaired) electrons. The molecule has 0 aliphatic heterocycles. The Kier molecular flexibility index (Phi) is 3.57. The number of aryl methyl sites for hydroxylation is 1.